The number of carbonyl (C=O) groups is 1. The van der Waals surface area contributed by atoms with Gasteiger partial charge in [0.2, 0.25) is 0 Å². The van der Waals surface area contributed by atoms with Gasteiger partial charge in [0.1, 0.15) is 0 Å². The number of aliphatic hydroxyl groups is 1. The first-order chi connectivity index (χ1) is 8.58. The van der Waals surface area contributed by atoms with Crippen molar-refractivity contribution in [3.05, 3.63) is 29.6 Å². The van der Waals surface area contributed by atoms with Crippen LogP contribution in [0.2, 0.25) is 0 Å². The van der Waals surface area contributed by atoms with Crippen LogP contribution in [0.5, 0.6) is 0 Å². The Morgan fingerprint density at radius 1 is 1.67 bits per heavy atom. The van der Waals surface area contributed by atoms with Crippen LogP contribution >= 0.6 is 0 Å². The van der Waals surface area contributed by atoms with E-state index in [-0.39, 0.29) is 12.6 Å². The van der Waals surface area contributed by atoms with E-state index in [4.69, 9.17) is 5.11 Å². The molecule has 0 saturated carbocycles. The molecular weight excluding hydrogens is 234 g/mol. The maximum atomic E-state index is 11.1. The Morgan fingerprint density at radius 2 is 2.39 bits per heavy atom. The van der Waals surface area contributed by atoms with E-state index in [0.29, 0.717) is 25.2 Å². The van der Waals surface area contributed by atoms with Crippen LogP contribution in [0.25, 0.3) is 0 Å². The van der Waals surface area contributed by atoms with Crippen LogP contribution in [0, 0.1) is 0 Å². The molecule has 0 aliphatic carbocycles. The second-order valence-corrected chi connectivity index (χ2v) is 4.46. The molecule has 1 aliphatic heterocycles. The number of aromatic nitrogens is 2. The maximum absolute atomic E-state index is 11.1. The lowest BCUT2D eigenvalue weighted by Crippen LogP contribution is -2.41. The molecule has 18 heavy (non-hydrogen) atoms. The minimum Gasteiger partial charge on any atom is -0.465 e. The Kier molecular flexibility index (Phi) is 3.38. The molecule has 2 heterocycles. The van der Waals surface area contributed by atoms with Gasteiger partial charge in [0.15, 0.2) is 0 Å². The quantitative estimate of drug-likeness (QED) is 0.785. The molecule has 1 aromatic heterocycles. The molecule has 1 amide bonds. The third-order valence-electron chi connectivity index (χ3n) is 3.30. The van der Waals surface area contributed by atoms with Crippen molar-refractivity contribution in [1.29, 1.82) is 0 Å². The zero-order chi connectivity index (χ0) is 13.3. The smallest absolute Gasteiger partial charge is 0.407 e. The molecular formula is C12H17N3O3. The molecule has 2 rings (SSSR count). The van der Waals surface area contributed by atoms with Gasteiger partial charge in [0, 0.05) is 18.0 Å². The fraction of sp³-hybridized carbons (Fsp3) is 0.500. The molecule has 1 aliphatic rings. The summed E-state index contributed by atoms with van der Waals surface area (Å²) in [4.78, 5) is 12.5. The Hall–Kier alpha value is -1.82. The van der Waals surface area contributed by atoms with Gasteiger partial charge in [-0.2, -0.15) is 5.10 Å². The van der Waals surface area contributed by atoms with Crippen LogP contribution in [-0.2, 0) is 26.1 Å². The highest BCUT2D eigenvalue weighted by molar-refractivity contribution is 5.66. The lowest BCUT2D eigenvalue weighted by molar-refractivity contribution is 0.118. The van der Waals surface area contributed by atoms with Gasteiger partial charge in [-0.1, -0.05) is 6.08 Å². The molecule has 2 N–H and O–H groups in total. The summed E-state index contributed by atoms with van der Waals surface area (Å²) in [6.07, 6.45) is 1.35. The van der Waals surface area contributed by atoms with Crippen molar-refractivity contribution >= 4 is 6.09 Å². The molecule has 1 atom stereocenters. The van der Waals surface area contributed by atoms with Crippen molar-refractivity contribution in [1.82, 2.24) is 14.7 Å². The van der Waals surface area contributed by atoms with Crippen molar-refractivity contribution in [3.8, 4) is 0 Å². The molecule has 0 spiro atoms. The summed E-state index contributed by atoms with van der Waals surface area (Å²) in [6.45, 7) is 6.18. The molecule has 0 saturated heterocycles. The Bertz CT molecular complexity index is 481. The van der Waals surface area contributed by atoms with Crippen LogP contribution < -0.4 is 0 Å². The van der Waals surface area contributed by atoms with Gasteiger partial charge in [-0.05, 0) is 6.92 Å². The first-order valence-corrected chi connectivity index (χ1v) is 5.87. The van der Waals surface area contributed by atoms with Crippen LogP contribution in [0.3, 0.4) is 0 Å². The van der Waals surface area contributed by atoms with Crippen molar-refractivity contribution in [2.24, 2.45) is 0 Å². The molecule has 0 radical (unpaired) electrons. The lowest BCUT2D eigenvalue weighted by Gasteiger charge is -2.30. The average molecular weight is 251 g/mol. The summed E-state index contributed by atoms with van der Waals surface area (Å²) in [5.74, 6) is 0. The van der Waals surface area contributed by atoms with Gasteiger partial charge >= 0.3 is 6.09 Å². The fourth-order valence-electron chi connectivity index (χ4n) is 2.36. The van der Waals surface area contributed by atoms with Crippen molar-refractivity contribution < 1.29 is 15.0 Å². The van der Waals surface area contributed by atoms with Crippen molar-refractivity contribution in [2.75, 3.05) is 0 Å². The molecule has 0 aromatic carbocycles. The zero-order valence-electron chi connectivity index (χ0n) is 10.3. The van der Waals surface area contributed by atoms with Crippen molar-refractivity contribution in [2.45, 2.75) is 39.1 Å². The van der Waals surface area contributed by atoms with Crippen LogP contribution in [-0.4, -0.2) is 37.0 Å². The monoisotopic (exact) mass is 251 g/mol. The number of allylic oxidation sites excluding steroid dienone is 1. The summed E-state index contributed by atoms with van der Waals surface area (Å²) in [7, 11) is 0. The minimum absolute atomic E-state index is 0.0892. The molecule has 0 bridgehead atoms. The molecule has 98 valence electrons. The first kappa shape index (κ1) is 12.6. The van der Waals surface area contributed by atoms with Gasteiger partial charge in [-0.15, -0.1) is 6.58 Å². The standard InChI is InChI=1S/C12H17N3O3/c1-3-4-15-11(7-16)9-6-14(12(17)18)8(2)5-10(9)13-15/h3,8,16H,1,4-7H2,2H3,(H,17,18). The predicted molar refractivity (Wildman–Crippen MR) is 65.1 cm³/mol. The molecule has 1 aromatic rings. The number of rotatable bonds is 3. The largest absolute Gasteiger partial charge is 0.465 e. The second-order valence-electron chi connectivity index (χ2n) is 4.46. The third-order valence-corrected chi connectivity index (χ3v) is 3.30. The normalized spacial score (nSPS) is 18.6. The summed E-state index contributed by atoms with van der Waals surface area (Å²) >= 11 is 0. The molecule has 1 unspecified atom stereocenters. The number of hydrogen-bond donors (Lipinski definition) is 2. The Balaban J connectivity index is 2.40. The number of hydrogen-bond acceptors (Lipinski definition) is 3. The van der Waals surface area contributed by atoms with Gasteiger partial charge in [0.25, 0.3) is 0 Å². The highest BCUT2D eigenvalue weighted by Gasteiger charge is 2.31. The van der Waals surface area contributed by atoms with Gasteiger partial charge in [-0.3, -0.25) is 4.68 Å². The van der Waals surface area contributed by atoms with Gasteiger partial charge in [0.05, 0.1) is 31.1 Å². The van der Waals surface area contributed by atoms with Gasteiger partial charge < -0.3 is 15.1 Å². The lowest BCUT2D eigenvalue weighted by atomic mass is 10.0. The van der Waals surface area contributed by atoms with E-state index in [0.717, 1.165) is 11.3 Å². The number of amides is 1. The number of aliphatic hydroxyl groups excluding tert-OH is 1. The molecule has 0 fully saturated rings. The van der Waals surface area contributed by atoms with E-state index >= 15 is 0 Å². The van der Waals surface area contributed by atoms with Crippen LogP contribution in [0.15, 0.2) is 12.7 Å². The van der Waals surface area contributed by atoms with E-state index < -0.39 is 6.09 Å². The first-order valence-electron chi connectivity index (χ1n) is 5.87. The van der Waals surface area contributed by atoms with E-state index in [1.807, 2.05) is 6.92 Å². The number of carboxylic acid groups (broad SMARTS) is 1. The molecule has 6 nitrogen and oxygen atoms in total. The van der Waals surface area contributed by atoms with E-state index in [1.165, 1.54) is 4.90 Å². The van der Waals surface area contributed by atoms with E-state index in [2.05, 4.69) is 11.7 Å². The fourth-order valence-corrected chi connectivity index (χ4v) is 2.36. The third kappa shape index (κ3) is 1.99. The predicted octanol–water partition coefficient (Wildman–Crippen LogP) is 0.986. The highest BCUT2D eigenvalue weighted by Crippen LogP contribution is 2.26. The van der Waals surface area contributed by atoms with E-state index in [9.17, 15) is 9.90 Å². The number of fused-ring (bicyclic) bond motifs is 1. The number of nitrogens with zero attached hydrogens (tertiary/aromatic N) is 3. The second kappa shape index (κ2) is 4.81. The van der Waals surface area contributed by atoms with Gasteiger partial charge in [-0.25, -0.2) is 4.79 Å². The van der Waals surface area contributed by atoms with Crippen LogP contribution in [0.1, 0.15) is 23.9 Å². The maximum Gasteiger partial charge on any atom is 0.407 e. The topological polar surface area (TPSA) is 78.6 Å². The summed E-state index contributed by atoms with van der Waals surface area (Å²) in [5.41, 5.74) is 2.40. The average Bonchev–Trinajstić information content (AvgIpc) is 2.64. The van der Waals surface area contributed by atoms with Crippen molar-refractivity contribution in [3.63, 3.8) is 0 Å². The van der Waals surface area contributed by atoms with E-state index in [1.54, 1.807) is 10.8 Å². The minimum atomic E-state index is -0.937. The Labute approximate surface area is 105 Å². The summed E-state index contributed by atoms with van der Waals surface area (Å²) in [6, 6.07) is -0.0892. The van der Waals surface area contributed by atoms with Crippen LogP contribution in [0.4, 0.5) is 4.79 Å². The zero-order valence-corrected chi connectivity index (χ0v) is 10.3. The Morgan fingerprint density at radius 3 is 2.94 bits per heavy atom. The summed E-state index contributed by atoms with van der Waals surface area (Å²) < 4.78 is 1.69. The highest BCUT2D eigenvalue weighted by atomic mass is 16.4. The summed E-state index contributed by atoms with van der Waals surface area (Å²) in [5, 5.41) is 23.0. The SMILES string of the molecule is C=CCn1nc2c(c1CO)CN(C(=O)O)C(C)C2. The molecule has 6 heteroatoms.